The lowest BCUT2D eigenvalue weighted by Gasteiger charge is -2.24. The average Bonchev–Trinajstić information content (AvgIpc) is 2.53. The summed E-state index contributed by atoms with van der Waals surface area (Å²) in [6, 6.07) is 11.1. The van der Waals surface area contributed by atoms with Crippen molar-refractivity contribution < 1.29 is 14.3 Å². The van der Waals surface area contributed by atoms with Gasteiger partial charge in [-0.3, -0.25) is 4.79 Å². The highest BCUT2D eigenvalue weighted by molar-refractivity contribution is 5.82. The number of Topliss-reactive ketones (excluding diaryl/α,β-unsaturated/α-hetero) is 1. The molecule has 2 nitrogen and oxygen atoms in total. The van der Waals surface area contributed by atoms with Crippen LogP contribution < -0.4 is 0 Å². The summed E-state index contributed by atoms with van der Waals surface area (Å²) in [5.41, 5.74) is 5.40. The van der Waals surface area contributed by atoms with E-state index in [1.807, 2.05) is 6.92 Å². The van der Waals surface area contributed by atoms with Crippen LogP contribution in [-0.4, -0.2) is 17.5 Å². The molecule has 1 atom stereocenters. The molecule has 3 heteroatoms. The molecule has 0 aromatic heterocycles. The molecule has 2 aromatic carbocycles. The Balaban J connectivity index is 1.95. The quantitative estimate of drug-likeness (QED) is 0.942. The molecule has 22 heavy (non-hydrogen) atoms. The van der Waals surface area contributed by atoms with Gasteiger partial charge in [-0.25, -0.2) is 4.39 Å². The van der Waals surface area contributed by atoms with E-state index in [-0.39, 0.29) is 24.1 Å². The minimum atomic E-state index is -0.378. The number of carbonyl (C=O) groups excluding carboxylic acids is 1. The first-order chi connectivity index (χ1) is 10.6. The van der Waals surface area contributed by atoms with Crippen molar-refractivity contribution in [1.82, 2.24) is 0 Å². The van der Waals surface area contributed by atoms with Crippen molar-refractivity contribution in [2.45, 2.75) is 26.2 Å². The maximum Gasteiger partial charge on any atom is 0.161 e. The summed E-state index contributed by atoms with van der Waals surface area (Å²) >= 11 is 0. The van der Waals surface area contributed by atoms with Gasteiger partial charge in [-0.1, -0.05) is 24.3 Å². The molecule has 1 aliphatic rings. The minimum Gasteiger partial charge on any atom is -0.389 e. The van der Waals surface area contributed by atoms with Crippen LogP contribution in [0.2, 0.25) is 0 Å². The highest BCUT2D eigenvalue weighted by Gasteiger charge is 2.24. The van der Waals surface area contributed by atoms with E-state index in [1.54, 1.807) is 6.07 Å². The normalized spacial score (nSPS) is 17.1. The van der Waals surface area contributed by atoms with Crippen molar-refractivity contribution in [3.63, 3.8) is 0 Å². The van der Waals surface area contributed by atoms with Crippen molar-refractivity contribution in [3.05, 3.63) is 58.9 Å². The second kappa shape index (κ2) is 6.01. The molecule has 0 heterocycles. The zero-order chi connectivity index (χ0) is 15.7. The lowest BCUT2D eigenvalue weighted by molar-refractivity contribution is -0.125. The molecule has 0 spiro atoms. The number of fused-ring (bicyclic) bond motifs is 1. The van der Waals surface area contributed by atoms with Gasteiger partial charge in [-0.15, -0.1) is 0 Å². The van der Waals surface area contributed by atoms with E-state index in [2.05, 4.69) is 18.2 Å². The lowest BCUT2D eigenvalue weighted by atomic mass is 9.80. The second-order valence-electron chi connectivity index (χ2n) is 6.01. The third kappa shape index (κ3) is 2.81. The van der Waals surface area contributed by atoms with E-state index in [0.717, 1.165) is 29.5 Å². The first-order valence-electron chi connectivity index (χ1n) is 7.60. The molecule has 0 bridgehead atoms. The molecule has 114 valence electrons. The standard InChI is InChI=1S/C19H19FO2/c1-12-8-17(20)6-7-18(12)14-4-2-13-3-5-15(19(22)11-21)10-16(13)9-14/h2,4,6-9,15,21H,3,5,10-11H2,1H3. The van der Waals surface area contributed by atoms with Crippen LogP contribution in [0.25, 0.3) is 11.1 Å². The van der Waals surface area contributed by atoms with Crippen molar-refractivity contribution in [3.8, 4) is 11.1 Å². The SMILES string of the molecule is Cc1cc(F)ccc1-c1ccc2c(c1)CC(C(=O)CO)CC2. The van der Waals surface area contributed by atoms with Crippen LogP contribution in [0, 0.1) is 18.7 Å². The molecule has 1 aliphatic carbocycles. The molecule has 0 fully saturated rings. The van der Waals surface area contributed by atoms with Gasteiger partial charge in [0.1, 0.15) is 12.4 Å². The summed E-state index contributed by atoms with van der Waals surface area (Å²) in [6.07, 6.45) is 2.36. The Labute approximate surface area is 129 Å². The fourth-order valence-electron chi connectivity index (χ4n) is 3.28. The zero-order valence-corrected chi connectivity index (χ0v) is 12.6. The largest absolute Gasteiger partial charge is 0.389 e. The summed E-state index contributed by atoms with van der Waals surface area (Å²) in [5, 5.41) is 9.04. The molecule has 0 amide bonds. The number of halogens is 1. The fourth-order valence-corrected chi connectivity index (χ4v) is 3.28. The molecule has 1 N–H and O–H groups in total. The number of aliphatic hydroxyl groups excluding tert-OH is 1. The van der Waals surface area contributed by atoms with E-state index < -0.39 is 0 Å². The number of ketones is 1. The molecular formula is C19H19FO2. The molecule has 1 unspecified atom stereocenters. The Hall–Kier alpha value is -2.00. The summed E-state index contributed by atoms with van der Waals surface area (Å²) in [7, 11) is 0. The van der Waals surface area contributed by atoms with Crippen molar-refractivity contribution in [2.24, 2.45) is 5.92 Å². The van der Waals surface area contributed by atoms with E-state index in [0.29, 0.717) is 6.42 Å². The molecule has 0 saturated carbocycles. The van der Waals surface area contributed by atoms with Crippen LogP contribution in [0.15, 0.2) is 36.4 Å². The van der Waals surface area contributed by atoms with Crippen LogP contribution >= 0.6 is 0 Å². The minimum absolute atomic E-state index is 0.0750. The van der Waals surface area contributed by atoms with E-state index in [4.69, 9.17) is 5.11 Å². The topological polar surface area (TPSA) is 37.3 Å². The highest BCUT2D eigenvalue weighted by atomic mass is 19.1. The van der Waals surface area contributed by atoms with Gasteiger partial charge in [0.2, 0.25) is 0 Å². The average molecular weight is 298 g/mol. The first kappa shape index (κ1) is 14.9. The van der Waals surface area contributed by atoms with Crippen LogP contribution in [0.5, 0.6) is 0 Å². The van der Waals surface area contributed by atoms with Gasteiger partial charge in [-0.05, 0) is 66.1 Å². The number of hydrogen-bond donors (Lipinski definition) is 1. The lowest BCUT2D eigenvalue weighted by Crippen LogP contribution is -2.24. The van der Waals surface area contributed by atoms with Gasteiger partial charge >= 0.3 is 0 Å². The summed E-state index contributed by atoms with van der Waals surface area (Å²) in [5.74, 6) is -0.385. The summed E-state index contributed by atoms with van der Waals surface area (Å²) in [4.78, 5) is 11.7. The highest BCUT2D eigenvalue weighted by Crippen LogP contribution is 2.31. The van der Waals surface area contributed by atoms with Crippen LogP contribution in [0.3, 0.4) is 0 Å². The number of benzene rings is 2. The zero-order valence-electron chi connectivity index (χ0n) is 12.6. The Morgan fingerprint density at radius 1 is 1.23 bits per heavy atom. The Bertz CT molecular complexity index is 721. The molecule has 0 radical (unpaired) electrons. The summed E-state index contributed by atoms with van der Waals surface area (Å²) < 4.78 is 13.3. The molecule has 2 aromatic rings. The smallest absolute Gasteiger partial charge is 0.161 e. The third-order valence-corrected chi connectivity index (χ3v) is 4.55. The Kier molecular flexibility index (Phi) is 4.08. The van der Waals surface area contributed by atoms with E-state index >= 15 is 0 Å². The van der Waals surface area contributed by atoms with Crippen molar-refractivity contribution in [1.29, 1.82) is 0 Å². The van der Waals surface area contributed by atoms with Gasteiger partial charge < -0.3 is 5.11 Å². The fraction of sp³-hybridized carbons (Fsp3) is 0.316. The third-order valence-electron chi connectivity index (χ3n) is 4.55. The van der Waals surface area contributed by atoms with Gasteiger partial charge in [0.25, 0.3) is 0 Å². The molecule has 0 saturated heterocycles. The molecule has 3 rings (SSSR count). The molecule has 0 aliphatic heterocycles. The van der Waals surface area contributed by atoms with Crippen LogP contribution in [-0.2, 0) is 17.6 Å². The van der Waals surface area contributed by atoms with Gasteiger partial charge in [0.15, 0.2) is 5.78 Å². The summed E-state index contributed by atoms with van der Waals surface area (Å²) in [6.45, 7) is 1.52. The predicted octanol–water partition coefficient (Wildman–Crippen LogP) is 3.47. The number of carbonyl (C=O) groups is 1. The van der Waals surface area contributed by atoms with E-state index in [1.165, 1.54) is 23.3 Å². The van der Waals surface area contributed by atoms with Gasteiger partial charge in [0.05, 0.1) is 0 Å². The van der Waals surface area contributed by atoms with Gasteiger partial charge in [0, 0.05) is 5.92 Å². The number of hydrogen-bond acceptors (Lipinski definition) is 2. The Morgan fingerprint density at radius 3 is 2.77 bits per heavy atom. The van der Waals surface area contributed by atoms with Gasteiger partial charge in [-0.2, -0.15) is 0 Å². The maximum absolute atomic E-state index is 13.3. The number of aliphatic hydroxyl groups is 1. The maximum atomic E-state index is 13.3. The van der Waals surface area contributed by atoms with Crippen molar-refractivity contribution in [2.75, 3.05) is 6.61 Å². The first-order valence-corrected chi connectivity index (χ1v) is 7.60. The second-order valence-corrected chi connectivity index (χ2v) is 6.01. The number of rotatable bonds is 3. The molecular weight excluding hydrogens is 279 g/mol. The number of aryl methyl sites for hydroxylation is 2. The van der Waals surface area contributed by atoms with Crippen LogP contribution in [0.1, 0.15) is 23.1 Å². The monoisotopic (exact) mass is 298 g/mol. The van der Waals surface area contributed by atoms with Crippen molar-refractivity contribution >= 4 is 5.78 Å². The van der Waals surface area contributed by atoms with E-state index in [9.17, 15) is 9.18 Å². The predicted molar refractivity (Wildman–Crippen MR) is 84.2 cm³/mol. The Morgan fingerprint density at radius 2 is 2.05 bits per heavy atom. The van der Waals surface area contributed by atoms with Crippen LogP contribution in [0.4, 0.5) is 4.39 Å².